The monoisotopic (exact) mass is 574 g/mol. The molecule has 0 aliphatic heterocycles. The van der Waals surface area contributed by atoms with Crippen LogP contribution in [0.1, 0.15) is 21.5 Å². The molecule has 212 valence electrons. The van der Waals surface area contributed by atoms with Crippen molar-refractivity contribution in [3.05, 3.63) is 180 Å². The fourth-order valence-corrected chi connectivity index (χ4v) is 6.81. The van der Waals surface area contributed by atoms with Gasteiger partial charge >= 0.3 is 0 Å². The molecule has 1 nitrogen and oxygen atoms in total. The van der Waals surface area contributed by atoms with Gasteiger partial charge in [-0.15, -0.1) is 0 Å². The van der Waals surface area contributed by atoms with Crippen LogP contribution in [0.4, 0.5) is 0 Å². The van der Waals surface area contributed by atoms with Crippen LogP contribution in [0.25, 0.3) is 65.7 Å². The number of benzene rings is 8. The molecule has 1 heteroatoms. The Bertz CT molecular complexity index is 2350. The zero-order valence-corrected chi connectivity index (χ0v) is 25.0. The first-order valence-corrected chi connectivity index (χ1v) is 15.4. The standard InChI is InChI=1S/C44H30O/c1-29-28-40-37-17-9-11-19-39(37)43(44(45)35-26-22-33(23-27-35)31-14-6-3-7-15-31)41(42(40)38-18-10-8-16-36(29)38)34-24-20-32(21-25-34)30-12-4-2-5-13-30/h2-28H,1H3. The highest BCUT2D eigenvalue weighted by molar-refractivity contribution is 6.32. The van der Waals surface area contributed by atoms with E-state index in [0.717, 1.165) is 54.9 Å². The predicted octanol–water partition coefficient (Wildman–Crippen LogP) is 11.7. The lowest BCUT2D eigenvalue weighted by molar-refractivity contribution is 0.104. The summed E-state index contributed by atoms with van der Waals surface area (Å²) < 4.78 is 0. The van der Waals surface area contributed by atoms with Crippen LogP contribution in [-0.4, -0.2) is 5.78 Å². The minimum absolute atomic E-state index is 0.0273. The van der Waals surface area contributed by atoms with Crippen LogP contribution in [0.2, 0.25) is 0 Å². The van der Waals surface area contributed by atoms with Crippen LogP contribution in [-0.2, 0) is 0 Å². The molecule has 0 heterocycles. The predicted molar refractivity (Wildman–Crippen MR) is 190 cm³/mol. The van der Waals surface area contributed by atoms with E-state index < -0.39 is 0 Å². The number of fused-ring (bicyclic) bond motifs is 5. The van der Waals surface area contributed by atoms with E-state index in [2.05, 4.69) is 128 Å². The number of carbonyl (C=O) groups is 1. The quantitative estimate of drug-likeness (QED) is 0.148. The molecule has 0 fully saturated rings. The molecule has 0 saturated heterocycles. The molecule has 0 radical (unpaired) electrons. The van der Waals surface area contributed by atoms with Crippen LogP contribution in [0.5, 0.6) is 0 Å². The molecule has 0 bridgehead atoms. The third-order valence-corrected chi connectivity index (χ3v) is 9.00. The fourth-order valence-electron chi connectivity index (χ4n) is 6.81. The third-order valence-electron chi connectivity index (χ3n) is 9.00. The van der Waals surface area contributed by atoms with Gasteiger partial charge in [0.15, 0.2) is 5.78 Å². The van der Waals surface area contributed by atoms with Crippen LogP contribution in [0.15, 0.2) is 164 Å². The zero-order chi connectivity index (χ0) is 30.3. The maximum absolute atomic E-state index is 14.8. The van der Waals surface area contributed by atoms with Crippen molar-refractivity contribution in [2.75, 3.05) is 0 Å². The van der Waals surface area contributed by atoms with Crippen molar-refractivity contribution in [2.24, 2.45) is 0 Å². The second kappa shape index (κ2) is 11.0. The second-order valence-electron chi connectivity index (χ2n) is 11.7. The SMILES string of the molecule is Cc1cc2c3ccccc3c(C(=O)c3ccc(-c4ccccc4)cc3)c(-c3ccc(-c4ccccc4)cc3)c2c2ccccc12. The van der Waals surface area contributed by atoms with Gasteiger partial charge in [0.25, 0.3) is 0 Å². The molecule has 45 heavy (non-hydrogen) atoms. The van der Waals surface area contributed by atoms with Gasteiger partial charge in [0.2, 0.25) is 0 Å². The number of rotatable bonds is 5. The molecule has 8 aromatic rings. The van der Waals surface area contributed by atoms with Crippen molar-refractivity contribution < 1.29 is 4.79 Å². The lowest BCUT2D eigenvalue weighted by atomic mass is 9.82. The molecule has 0 unspecified atom stereocenters. The van der Waals surface area contributed by atoms with E-state index in [-0.39, 0.29) is 5.78 Å². The van der Waals surface area contributed by atoms with Crippen LogP contribution < -0.4 is 0 Å². The zero-order valence-electron chi connectivity index (χ0n) is 25.0. The largest absolute Gasteiger partial charge is 0.289 e. The molecule has 8 rings (SSSR count). The van der Waals surface area contributed by atoms with Gasteiger partial charge in [-0.2, -0.15) is 0 Å². The van der Waals surface area contributed by atoms with E-state index in [1.54, 1.807) is 0 Å². The Morgan fingerprint density at radius 2 is 0.844 bits per heavy atom. The van der Waals surface area contributed by atoms with Gasteiger partial charge in [-0.05, 0) is 72.6 Å². The van der Waals surface area contributed by atoms with E-state index in [0.29, 0.717) is 5.56 Å². The Morgan fingerprint density at radius 3 is 1.44 bits per heavy atom. The smallest absolute Gasteiger partial charge is 0.194 e. The third kappa shape index (κ3) is 4.61. The minimum atomic E-state index is 0.0273. The molecular formula is C44H30O. The molecule has 0 atom stereocenters. The summed E-state index contributed by atoms with van der Waals surface area (Å²) in [5.41, 5.74) is 9.20. The molecule has 8 aromatic carbocycles. The van der Waals surface area contributed by atoms with Gasteiger partial charge in [-0.1, -0.05) is 164 Å². The number of hydrogen-bond donors (Lipinski definition) is 0. The fraction of sp³-hybridized carbons (Fsp3) is 0.0227. The Kier molecular flexibility index (Phi) is 6.58. The number of carbonyl (C=O) groups excluding carboxylic acids is 1. The number of hydrogen-bond acceptors (Lipinski definition) is 1. The maximum Gasteiger partial charge on any atom is 0.194 e. The van der Waals surface area contributed by atoms with E-state index in [4.69, 9.17) is 0 Å². The Balaban J connectivity index is 1.43. The average molecular weight is 575 g/mol. The first-order valence-electron chi connectivity index (χ1n) is 15.4. The van der Waals surface area contributed by atoms with Crippen molar-refractivity contribution in [3.63, 3.8) is 0 Å². The summed E-state index contributed by atoms with van der Waals surface area (Å²) in [5, 5.41) is 6.71. The lowest BCUT2D eigenvalue weighted by Crippen LogP contribution is -2.06. The van der Waals surface area contributed by atoms with Crippen LogP contribution in [0, 0.1) is 6.92 Å². The van der Waals surface area contributed by atoms with Gasteiger partial charge in [-0.25, -0.2) is 0 Å². The van der Waals surface area contributed by atoms with Gasteiger partial charge in [0.1, 0.15) is 0 Å². The number of ketones is 1. The van der Waals surface area contributed by atoms with Crippen molar-refractivity contribution in [1.29, 1.82) is 0 Å². The van der Waals surface area contributed by atoms with Crippen molar-refractivity contribution >= 4 is 38.1 Å². The summed E-state index contributed by atoms with van der Waals surface area (Å²) in [6.45, 7) is 2.18. The summed E-state index contributed by atoms with van der Waals surface area (Å²) in [7, 11) is 0. The van der Waals surface area contributed by atoms with E-state index in [1.165, 1.54) is 21.9 Å². The highest BCUT2D eigenvalue weighted by Gasteiger charge is 2.24. The first kappa shape index (κ1) is 26.8. The molecule has 0 saturated carbocycles. The van der Waals surface area contributed by atoms with Crippen molar-refractivity contribution in [3.8, 4) is 33.4 Å². The van der Waals surface area contributed by atoms with Crippen LogP contribution in [0.3, 0.4) is 0 Å². The highest BCUT2D eigenvalue weighted by Crippen LogP contribution is 2.44. The summed E-state index contributed by atoms with van der Waals surface area (Å²) in [5.74, 6) is 0.0273. The molecule has 0 aliphatic carbocycles. The summed E-state index contributed by atoms with van der Waals surface area (Å²) in [6, 6.07) is 56.7. The van der Waals surface area contributed by atoms with Gasteiger partial charge < -0.3 is 0 Å². The van der Waals surface area contributed by atoms with Gasteiger partial charge in [-0.3, -0.25) is 4.79 Å². The van der Waals surface area contributed by atoms with Gasteiger partial charge in [0, 0.05) is 16.7 Å². The average Bonchev–Trinajstić information content (AvgIpc) is 3.12. The normalized spacial score (nSPS) is 11.3. The molecule has 0 N–H and O–H groups in total. The highest BCUT2D eigenvalue weighted by atomic mass is 16.1. The molecule has 0 amide bonds. The molecule has 0 aliphatic rings. The van der Waals surface area contributed by atoms with E-state index >= 15 is 0 Å². The Hall–Kier alpha value is -5.79. The lowest BCUT2D eigenvalue weighted by Gasteiger charge is -2.20. The van der Waals surface area contributed by atoms with E-state index in [1.807, 2.05) is 42.5 Å². The molecule has 0 aromatic heterocycles. The molecular weight excluding hydrogens is 544 g/mol. The Labute approximate surface area is 263 Å². The van der Waals surface area contributed by atoms with Crippen LogP contribution >= 0.6 is 0 Å². The van der Waals surface area contributed by atoms with Crippen molar-refractivity contribution in [2.45, 2.75) is 6.92 Å². The Morgan fingerprint density at radius 1 is 0.400 bits per heavy atom. The van der Waals surface area contributed by atoms with Gasteiger partial charge in [0.05, 0.1) is 0 Å². The topological polar surface area (TPSA) is 17.1 Å². The number of aryl methyl sites for hydroxylation is 1. The molecule has 0 spiro atoms. The summed E-state index contributed by atoms with van der Waals surface area (Å²) >= 11 is 0. The minimum Gasteiger partial charge on any atom is -0.289 e. The summed E-state index contributed by atoms with van der Waals surface area (Å²) in [4.78, 5) is 14.8. The first-order chi connectivity index (χ1) is 22.2. The van der Waals surface area contributed by atoms with E-state index in [9.17, 15) is 4.79 Å². The second-order valence-corrected chi connectivity index (χ2v) is 11.7. The maximum atomic E-state index is 14.8. The van der Waals surface area contributed by atoms with Crippen molar-refractivity contribution in [1.82, 2.24) is 0 Å². The summed E-state index contributed by atoms with van der Waals surface area (Å²) in [6.07, 6.45) is 0.